The molecule has 0 radical (unpaired) electrons. The summed E-state index contributed by atoms with van der Waals surface area (Å²) in [6.45, 7) is 3.59. The van der Waals surface area contributed by atoms with Crippen LogP contribution in [0, 0.1) is 5.92 Å². The molecule has 2 unspecified atom stereocenters. The molecule has 2 rings (SSSR count). The van der Waals surface area contributed by atoms with Gasteiger partial charge < -0.3 is 9.47 Å². The highest BCUT2D eigenvalue weighted by Gasteiger charge is 2.43. The number of rotatable bonds is 6. The van der Waals surface area contributed by atoms with E-state index in [1.54, 1.807) is 32.0 Å². The van der Waals surface area contributed by atoms with E-state index in [-0.39, 0.29) is 23.1 Å². The molecule has 0 N–H and O–H groups in total. The fourth-order valence-corrected chi connectivity index (χ4v) is 3.80. The van der Waals surface area contributed by atoms with Crippen LogP contribution in [0.15, 0.2) is 34.5 Å². The van der Waals surface area contributed by atoms with Crippen molar-refractivity contribution in [3.05, 3.63) is 45.1 Å². The number of hydrogen-bond acceptors (Lipinski definition) is 5. The van der Waals surface area contributed by atoms with Gasteiger partial charge in [0.05, 0.1) is 35.0 Å². The van der Waals surface area contributed by atoms with Crippen LogP contribution in [0.3, 0.4) is 0 Å². The Bertz CT molecular complexity index is 804. The average Bonchev–Trinajstić information content (AvgIpc) is 2.63. The molecule has 0 bridgehead atoms. The Morgan fingerprint density at radius 3 is 2.56 bits per heavy atom. The minimum atomic E-state index is -0.829. The third kappa shape index (κ3) is 4.48. The van der Waals surface area contributed by atoms with Gasteiger partial charge in [0.2, 0.25) is 0 Å². The summed E-state index contributed by atoms with van der Waals surface area (Å²) in [5, 5.41) is 0.583. The van der Waals surface area contributed by atoms with E-state index in [0.29, 0.717) is 28.4 Å². The van der Waals surface area contributed by atoms with Crippen molar-refractivity contribution in [2.24, 2.45) is 10.9 Å². The third-order valence-corrected chi connectivity index (χ3v) is 5.34. The highest BCUT2D eigenvalue weighted by molar-refractivity contribution is 6.42. The highest BCUT2D eigenvalue weighted by Crippen LogP contribution is 2.44. The van der Waals surface area contributed by atoms with Gasteiger partial charge in [-0.1, -0.05) is 35.3 Å². The summed E-state index contributed by atoms with van der Waals surface area (Å²) in [7, 11) is 1.29. The fourth-order valence-electron chi connectivity index (χ4n) is 3.19. The van der Waals surface area contributed by atoms with Crippen LogP contribution >= 0.6 is 34.8 Å². The van der Waals surface area contributed by atoms with Crippen molar-refractivity contribution in [2.45, 2.75) is 26.2 Å². The van der Waals surface area contributed by atoms with Gasteiger partial charge in [-0.2, -0.15) is 0 Å². The van der Waals surface area contributed by atoms with Gasteiger partial charge in [-0.25, -0.2) is 4.79 Å². The third-order valence-electron chi connectivity index (χ3n) is 4.31. The molecular weight excluding hydrogens is 413 g/mol. The van der Waals surface area contributed by atoms with Gasteiger partial charge in [0.15, 0.2) is 0 Å². The van der Waals surface area contributed by atoms with Crippen LogP contribution < -0.4 is 0 Å². The number of hydrogen-bond donors (Lipinski definition) is 0. The molecule has 2 atom stereocenters. The van der Waals surface area contributed by atoms with Gasteiger partial charge in [-0.15, -0.1) is 11.6 Å². The zero-order valence-electron chi connectivity index (χ0n) is 15.2. The van der Waals surface area contributed by atoms with E-state index in [0.717, 1.165) is 0 Å². The number of allylic oxidation sites excluding steroid dienone is 1. The molecule has 1 heterocycles. The van der Waals surface area contributed by atoms with E-state index >= 15 is 0 Å². The first kappa shape index (κ1) is 21.7. The average molecular weight is 433 g/mol. The van der Waals surface area contributed by atoms with Crippen molar-refractivity contribution >= 4 is 52.5 Å². The molecule has 0 aromatic heterocycles. The number of halogens is 3. The van der Waals surface area contributed by atoms with Crippen LogP contribution in [-0.2, 0) is 19.1 Å². The molecule has 0 amide bonds. The molecule has 1 aromatic carbocycles. The van der Waals surface area contributed by atoms with Crippen LogP contribution in [0.4, 0.5) is 0 Å². The van der Waals surface area contributed by atoms with Gasteiger partial charge in [0.25, 0.3) is 0 Å². The summed E-state index contributed by atoms with van der Waals surface area (Å²) >= 11 is 18.5. The minimum absolute atomic E-state index is 0.179. The van der Waals surface area contributed by atoms with E-state index in [1.165, 1.54) is 7.11 Å². The van der Waals surface area contributed by atoms with Gasteiger partial charge in [0.1, 0.15) is 5.92 Å². The standard InChI is InChI=1S/C19H20Cl3NO4/c1-4-27-19(25)16-13(8-9-20)23-10(2)14(18(24)26-3)15(16)11-6-5-7-12(21)17(11)22/h5-7,14-15H,4,8-9H2,1-3H3. The Morgan fingerprint density at radius 1 is 1.26 bits per heavy atom. The lowest BCUT2D eigenvalue weighted by molar-refractivity contribution is -0.144. The summed E-state index contributed by atoms with van der Waals surface area (Å²) < 4.78 is 10.2. The first-order valence-electron chi connectivity index (χ1n) is 8.40. The molecule has 0 saturated heterocycles. The van der Waals surface area contributed by atoms with E-state index in [9.17, 15) is 9.59 Å². The maximum atomic E-state index is 12.8. The molecule has 27 heavy (non-hydrogen) atoms. The number of alkyl halides is 1. The number of carbonyl (C=O) groups is 2. The molecule has 0 saturated carbocycles. The van der Waals surface area contributed by atoms with Gasteiger partial charge in [0, 0.05) is 23.9 Å². The molecule has 5 nitrogen and oxygen atoms in total. The molecular formula is C19H20Cl3NO4. The number of nitrogens with zero attached hydrogens (tertiary/aromatic N) is 1. The number of carbonyl (C=O) groups excluding carboxylic acids is 2. The quantitative estimate of drug-likeness (QED) is 0.479. The summed E-state index contributed by atoms with van der Waals surface area (Å²) in [5.74, 6) is -2.40. The Kier molecular flexibility index (Phi) is 7.71. The monoisotopic (exact) mass is 431 g/mol. The van der Waals surface area contributed by atoms with Gasteiger partial charge >= 0.3 is 11.9 Å². The van der Waals surface area contributed by atoms with Gasteiger partial charge in [-0.05, 0) is 25.5 Å². The molecule has 0 fully saturated rings. The van der Waals surface area contributed by atoms with E-state index < -0.39 is 23.8 Å². The largest absolute Gasteiger partial charge is 0.468 e. The second-order valence-corrected chi connectivity index (χ2v) is 7.06. The Labute approximate surface area is 173 Å². The lowest BCUT2D eigenvalue weighted by atomic mass is 9.75. The summed E-state index contributed by atoms with van der Waals surface area (Å²) in [4.78, 5) is 29.8. The van der Waals surface area contributed by atoms with E-state index in [1.807, 2.05) is 0 Å². The van der Waals surface area contributed by atoms with Crippen LogP contribution in [0.5, 0.6) is 0 Å². The fraction of sp³-hybridized carbons (Fsp3) is 0.421. The van der Waals surface area contributed by atoms with Crippen LogP contribution in [0.2, 0.25) is 10.0 Å². The first-order valence-corrected chi connectivity index (χ1v) is 9.69. The van der Waals surface area contributed by atoms with Crippen LogP contribution in [0.1, 0.15) is 31.7 Å². The van der Waals surface area contributed by atoms with Crippen molar-refractivity contribution in [2.75, 3.05) is 19.6 Å². The van der Waals surface area contributed by atoms with Crippen molar-refractivity contribution in [3.8, 4) is 0 Å². The predicted octanol–water partition coefficient (Wildman–Crippen LogP) is 4.79. The summed E-state index contributed by atoms with van der Waals surface area (Å²) in [6, 6.07) is 5.08. The van der Waals surface area contributed by atoms with Crippen molar-refractivity contribution in [1.82, 2.24) is 0 Å². The van der Waals surface area contributed by atoms with Crippen molar-refractivity contribution in [3.63, 3.8) is 0 Å². The maximum Gasteiger partial charge on any atom is 0.336 e. The lowest BCUT2D eigenvalue weighted by Gasteiger charge is -2.32. The molecule has 8 heteroatoms. The Balaban J connectivity index is 2.78. The first-order chi connectivity index (χ1) is 12.9. The second-order valence-electron chi connectivity index (χ2n) is 5.89. The number of ether oxygens (including phenoxy) is 2. The molecule has 1 aliphatic rings. The Morgan fingerprint density at radius 2 is 1.96 bits per heavy atom. The normalized spacial score (nSPS) is 19.6. The number of esters is 2. The minimum Gasteiger partial charge on any atom is -0.468 e. The number of aliphatic imine (C=N–C) groups is 1. The SMILES string of the molecule is CCOC(=O)C1=C(CCCl)N=C(C)C(C(=O)OC)C1c1cccc(Cl)c1Cl. The van der Waals surface area contributed by atoms with E-state index in [4.69, 9.17) is 44.3 Å². The zero-order valence-corrected chi connectivity index (χ0v) is 17.5. The van der Waals surface area contributed by atoms with Gasteiger partial charge in [-0.3, -0.25) is 9.79 Å². The highest BCUT2D eigenvalue weighted by atomic mass is 35.5. The maximum absolute atomic E-state index is 12.8. The van der Waals surface area contributed by atoms with Crippen LogP contribution in [-0.4, -0.2) is 37.2 Å². The van der Waals surface area contributed by atoms with Crippen molar-refractivity contribution in [1.29, 1.82) is 0 Å². The van der Waals surface area contributed by atoms with E-state index in [2.05, 4.69) is 4.99 Å². The lowest BCUT2D eigenvalue weighted by Crippen LogP contribution is -2.36. The predicted molar refractivity (Wildman–Crippen MR) is 107 cm³/mol. The molecule has 1 aromatic rings. The second kappa shape index (κ2) is 9.58. The number of methoxy groups -OCH3 is 1. The number of benzene rings is 1. The topological polar surface area (TPSA) is 65.0 Å². The molecule has 0 aliphatic carbocycles. The molecule has 0 spiro atoms. The summed E-state index contributed by atoms with van der Waals surface area (Å²) in [5.41, 5.74) is 1.77. The van der Waals surface area contributed by atoms with Crippen LogP contribution in [0.25, 0.3) is 0 Å². The van der Waals surface area contributed by atoms with Crippen molar-refractivity contribution < 1.29 is 19.1 Å². The molecule has 1 aliphatic heterocycles. The summed E-state index contributed by atoms with van der Waals surface area (Å²) in [6.07, 6.45) is 0.343. The molecule has 146 valence electrons. The zero-order chi connectivity index (χ0) is 20.1. The smallest absolute Gasteiger partial charge is 0.336 e. The Hall–Kier alpha value is -1.56.